The Morgan fingerprint density at radius 1 is 1.43 bits per heavy atom. The molecule has 0 spiro atoms. The van der Waals surface area contributed by atoms with Gasteiger partial charge in [-0.2, -0.15) is 0 Å². The van der Waals surface area contributed by atoms with Crippen LogP contribution >= 0.6 is 11.3 Å². The quantitative estimate of drug-likeness (QED) is 0.768. The number of carbonyl (C=O) groups excluding carboxylic acids is 1. The summed E-state index contributed by atoms with van der Waals surface area (Å²) in [5.41, 5.74) is 6.42. The molecular weight excluding hydrogens is 194 g/mol. The van der Waals surface area contributed by atoms with Gasteiger partial charge in [0.2, 0.25) is 0 Å². The summed E-state index contributed by atoms with van der Waals surface area (Å²) in [5.74, 6) is 0.469. The van der Waals surface area contributed by atoms with E-state index < -0.39 is 0 Å². The van der Waals surface area contributed by atoms with Gasteiger partial charge in [-0.3, -0.25) is 4.79 Å². The molecule has 1 aromatic rings. The summed E-state index contributed by atoms with van der Waals surface area (Å²) in [4.78, 5) is 13.9. The van der Waals surface area contributed by atoms with Crippen LogP contribution in [-0.4, -0.2) is 5.78 Å². The van der Waals surface area contributed by atoms with E-state index in [0.29, 0.717) is 12.3 Å². The molecule has 2 nitrogen and oxygen atoms in total. The van der Waals surface area contributed by atoms with Crippen LogP contribution in [0.3, 0.4) is 0 Å². The van der Waals surface area contributed by atoms with Crippen molar-refractivity contribution in [3.63, 3.8) is 0 Å². The van der Waals surface area contributed by atoms with Gasteiger partial charge >= 0.3 is 0 Å². The molecule has 1 heterocycles. The van der Waals surface area contributed by atoms with E-state index >= 15 is 0 Å². The van der Waals surface area contributed by atoms with Crippen molar-refractivity contribution >= 4 is 17.1 Å². The van der Waals surface area contributed by atoms with Gasteiger partial charge in [0, 0.05) is 27.8 Å². The van der Waals surface area contributed by atoms with Crippen molar-refractivity contribution < 1.29 is 4.79 Å². The van der Waals surface area contributed by atoms with Crippen LogP contribution in [0.2, 0.25) is 0 Å². The largest absolute Gasteiger partial charge is 0.402 e. The number of allylic oxidation sites excluding steroid dienone is 2. The van der Waals surface area contributed by atoms with Crippen LogP contribution in [0.15, 0.2) is 23.9 Å². The lowest BCUT2D eigenvalue weighted by Crippen LogP contribution is -2.15. The summed E-state index contributed by atoms with van der Waals surface area (Å²) in [6.45, 7) is 2.08. The molecule has 0 fully saturated rings. The van der Waals surface area contributed by atoms with Crippen molar-refractivity contribution in [3.8, 4) is 0 Å². The SMILES string of the molecule is Cc1ccc([C@H]2CC(=O)C=C(N)C2)s1. The van der Waals surface area contributed by atoms with Gasteiger partial charge in [0.1, 0.15) is 0 Å². The third-order valence-corrected chi connectivity index (χ3v) is 3.60. The first kappa shape index (κ1) is 9.46. The molecular formula is C11H13NOS. The maximum atomic E-state index is 11.3. The number of ketones is 1. The fraction of sp³-hybridized carbons (Fsp3) is 0.364. The minimum atomic E-state index is 0.157. The number of carbonyl (C=O) groups is 1. The first-order chi connectivity index (χ1) is 6.65. The summed E-state index contributed by atoms with van der Waals surface area (Å²) in [6, 6.07) is 4.20. The molecule has 0 aliphatic heterocycles. The Hall–Kier alpha value is -1.09. The number of hydrogen-bond donors (Lipinski definition) is 1. The van der Waals surface area contributed by atoms with E-state index in [2.05, 4.69) is 19.1 Å². The normalized spacial score (nSPS) is 22.2. The van der Waals surface area contributed by atoms with Crippen LogP contribution in [0.25, 0.3) is 0 Å². The molecule has 14 heavy (non-hydrogen) atoms. The van der Waals surface area contributed by atoms with E-state index in [1.54, 1.807) is 17.4 Å². The second kappa shape index (κ2) is 3.58. The van der Waals surface area contributed by atoms with E-state index in [1.165, 1.54) is 9.75 Å². The zero-order valence-corrected chi connectivity index (χ0v) is 8.93. The number of hydrogen-bond acceptors (Lipinski definition) is 3. The van der Waals surface area contributed by atoms with Gasteiger partial charge in [0.15, 0.2) is 5.78 Å². The molecule has 0 saturated carbocycles. The standard InChI is InChI=1S/C11H13NOS/c1-7-2-3-11(14-7)8-4-9(12)6-10(13)5-8/h2-3,6,8H,4-5,12H2,1H3/t8-/m1/s1. The molecule has 2 N–H and O–H groups in total. The zero-order chi connectivity index (χ0) is 10.1. The highest BCUT2D eigenvalue weighted by Gasteiger charge is 2.21. The Kier molecular flexibility index (Phi) is 2.42. The minimum Gasteiger partial charge on any atom is -0.402 e. The highest BCUT2D eigenvalue weighted by atomic mass is 32.1. The smallest absolute Gasteiger partial charge is 0.158 e. The summed E-state index contributed by atoms with van der Waals surface area (Å²) in [5, 5.41) is 0. The Morgan fingerprint density at radius 2 is 2.21 bits per heavy atom. The molecule has 1 aromatic heterocycles. The van der Waals surface area contributed by atoms with Crippen molar-refractivity contribution in [1.82, 2.24) is 0 Å². The van der Waals surface area contributed by atoms with Crippen LogP contribution in [-0.2, 0) is 4.79 Å². The van der Waals surface area contributed by atoms with E-state index in [1.807, 2.05) is 0 Å². The van der Waals surface area contributed by atoms with Gasteiger partial charge in [-0.1, -0.05) is 0 Å². The highest BCUT2D eigenvalue weighted by molar-refractivity contribution is 7.12. The van der Waals surface area contributed by atoms with Crippen molar-refractivity contribution in [1.29, 1.82) is 0 Å². The maximum Gasteiger partial charge on any atom is 0.158 e. The molecule has 2 rings (SSSR count). The predicted octanol–water partition coefficient (Wildman–Crippen LogP) is 2.35. The van der Waals surface area contributed by atoms with Crippen LogP contribution in [0, 0.1) is 6.92 Å². The van der Waals surface area contributed by atoms with E-state index in [0.717, 1.165) is 12.1 Å². The Morgan fingerprint density at radius 3 is 2.79 bits per heavy atom. The van der Waals surface area contributed by atoms with Crippen molar-refractivity contribution in [2.24, 2.45) is 5.73 Å². The molecule has 1 aliphatic carbocycles. The Balaban J connectivity index is 2.21. The third-order valence-electron chi connectivity index (χ3n) is 2.44. The summed E-state index contributed by atoms with van der Waals surface area (Å²) in [7, 11) is 0. The van der Waals surface area contributed by atoms with Gasteiger partial charge < -0.3 is 5.73 Å². The molecule has 0 unspecified atom stereocenters. The first-order valence-corrected chi connectivity index (χ1v) is 5.52. The summed E-state index contributed by atoms with van der Waals surface area (Å²) in [6.07, 6.45) is 3.00. The molecule has 0 saturated heterocycles. The Labute approximate surface area is 87.4 Å². The third kappa shape index (κ3) is 1.87. The fourth-order valence-corrected chi connectivity index (χ4v) is 2.78. The lowest BCUT2D eigenvalue weighted by Gasteiger charge is -2.18. The number of aryl methyl sites for hydroxylation is 1. The van der Waals surface area contributed by atoms with Gasteiger partial charge in [0.05, 0.1) is 0 Å². The van der Waals surface area contributed by atoms with Crippen LogP contribution < -0.4 is 5.73 Å². The number of nitrogens with two attached hydrogens (primary N) is 1. The molecule has 1 atom stereocenters. The van der Waals surface area contributed by atoms with Gasteiger partial charge in [-0.15, -0.1) is 11.3 Å². The predicted molar refractivity (Wildman–Crippen MR) is 58.3 cm³/mol. The Bertz CT molecular complexity index is 392. The number of rotatable bonds is 1. The average molecular weight is 207 g/mol. The topological polar surface area (TPSA) is 43.1 Å². The van der Waals surface area contributed by atoms with Crippen LogP contribution in [0.4, 0.5) is 0 Å². The van der Waals surface area contributed by atoms with Gasteiger partial charge in [-0.25, -0.2) is 0 Å². The van der Waals surface area contributed by atoms with E-state index in [-0.39, 0.29) is 5.78 Å². The maximum absolute atomic E-state index is 11.3. The monoisotopic (exact) mass is 207 g/mol. The molecule has 3 heteroatoms. The minimum absolute atomic E-state index is 0.157. The zero-order valence-electron chi connectivity index (χ0n) is 8.12. The van der Waals surface area contributed by atoms with Gasteiger partial charge in [0.25, 0.3) is 0 Å². The first-order valence-electron chi connectivity index (χ1n) is 4.70. The second-order valence-electron chi connectivity index (χ2n) is 3.74. The fourth-order valence-electron chi connectivity index (χ4n) is 1.80. The van der Waals surface area contributed by atoms with Crippen LogP contribution in [0.1, 0.15) is 28.5 Å². The number of thiophene rings is 1. The van der Waals surface area contributed by atoms with Crippen molar-refractivity contribution in [2.75, 3.05) is 0 Å². The van der Waals surface area contributed by atoms with Crippen molar-refractivity contribution in [2.45, 2.75) is 25.7 Å². The molecule has 74 valence electrons. The van der Waals surface area contributed by atoms with E-state index in [9.17, 15) is 4.79 Å². The lowest BCUT2D eigenvalue weighted by molar-refractivity contribution is -0.115. The van der Waals surface area contributed by atoms with Crippen molar-refractivity contribution in [3.05, 3.63) is 33.7 Å². The molecule has 0 bridgehead atoms. The summed E-state index contributed by atoms with van der Waals surface area (Å²) < 4.78 is 0. The molecule has 0 radical (unpaired) electrons. The molecule has 0 amide bonds. The highest BCUT2D eigenvalue weighted by Crippen LogP contribution is 2.33. The van der Waals surface area contributed by atoms with Gasteiger partial charge in [-0.05, 0) is 31.6 Å². The van der Waals surface area contributed by atoms with Crippen LogP contribution in [0.5, 0.6) is 0 Å². The lowest BCUT2D eigenvalue weighted by atomic mass is 9.90. The average Bonchev–Trinajstić information content (AvgIpc) is 2.50. The second-order valence-corrected chi connectivity index (χ2v) is 5.06. The molecule has 1 aliphatic rings. The summed E-state index contributed by atoms with van der Waals surface area (Å²) >= 11 is 1.76. The van der Waals surface area contributed by atoms with E-state index in [4.69, 9.17) is 5.73 Å². The molecule has 0 aromatic carbocycles.